The van der Waals surface area contributed by atoms with Crippen molar-refractivity contribution in [3.63, 3.8) is 0 Å². The zero-order valence-electron chi connectivity index (χ0n) is 20.4. The standard InChI is InChI=1S/C26H38O4S4/c1-23-11-15-25(16-12-23)33(27,28)21-9-5-3-7-19-31-32-20-8-4-6-10-22-34(29,30)26-17-13-24(2)14-18-26/h11-18H,3-10,19-22H2,1-2H3. The number of benzene rings is 2. The van der Waals surface area contributed by atoms with E-state index in [0.717, 1.165) is 61.2 Å². The van der Waals surface area contributed by atoms with Crippen molar-refractivity contribution in [3.8, 4) is 0 Å². The fraction of sp³-hybridized carbons (Fsp3) is 0.538. The average Bonchev–Trinajstić information content (AvgIpc) is 2.80. The number of aryl methyl sites for hydroxylation is 2. The Morgan fingerprint density at radius 2 is 0.824 bits per heavy atom. The highest BCUT2D eigenvalue weighted by atomic mass is 33.1. The van der Waals surface area contributed by atoms with Crippen molar-refractivity contribution in [2.24, 2.45) is 0 Å². The van der Waals surface area contributed by atoms with E-state index in [9.17, 15) is 16.8 Å². The Bertz CT molecular complexity index is 957. The third kappa shape index (κ3) is 11.2. The van der Waals surface area contributed by atoms with E-state index < -0.39 is 19.7 Å². The molecule has 0 N–H and O–H groups in total. The largest absolute Gasteiger partial charge is 0.224 e. The lowest BCUT2D eigenvalue weighted by molar-refractivity contribution is 0.587. The summed E-state index contributed by atoms with van der Waals surface area (Å²) in [5, 5.41) is 0. The van der Waals surface area contributed by atoms with Crippen LogP contribution in [0, 0.1) is 13.8 Å². The van der Waals surface area contributed by atoms with Crippen LogP contribution in [0.4, 0.5) is 0 Å². The van der Waals surface area contributed by atoms with Crippen LogP contribution in [0.2, 0.25) is 0 Å². The van der Waals surface area contributed by atoms with Crippen LogP contribution < -0.4 is 0 Å². The van der Waals surface area contributed by atoms with E-state index >= 15 is 0 Å². The second-order valence-electron chi connectivity index (χ2n) is 8.74. The van der Waals surface area contributed by atoms with Crippen molar-refractivity contribution in [2.45, 2.75) is 75.0 Å². The molecule has 0 amide bonds. The molecule has 2 rings (SSSR count). The molecule has 0 aliphatic rings. The molecule has 190 valence electrons. The quantitative estimate of drug-likeness (QED) is 0.158. The first-order chi connectivity index (χ1) is 16.2. The van der Waals surface area contributed by atoms with Gasteiger partial charge in [0.2, 0.25) is 0 Å². The van der Waals surface area contributed by atoms with Crippen LogP contribution in [-0.2, 0) is 19.7 Å². The molecule has 0 aromatic heterocycles. The number of hydrogen-bond acceptors (Lipinski definition) is 6. The Hall–Kier alpha value is -0.960. The van der Waals surface area contributed by atoms with Gasteiger partial charge in [0.15, 0.2) is 19.7 Å². The molecular formula is C26H38O4S4. The molecular weight excluding hydrogens is 505 g/mol. The Kier molecular flexibility index (Phi) is 13.1. The summed E-state index contributed by atoms with van der Waals surface area (Å²) in [5.74, 6) is 2.63. The SMILES string of the molecule is Cc1ccc(S(=O)(=O)CCCCCCSSCCCCCCS(=O)(=O)c2ccc(C)cc2)cc1. The molecule has 8 heteroatoms. The van der Waals surface area contributed by atoms with Crippen LogP contribution in [0.15, 0.2) is 58.3 Å². The first kappa shape index (κ1) is 29.3. The smallest absolute Gasteiger partial charge is 0.178 e. The molecule has 2 aromatic carbocycles. The van der Waals surface area contributed by atoms with E-state index in [1.165, 1.54) is 0 Å². The summed E-state index contributed by atoms with van der Waals surface area (Å²) < 4.78 is 49.3. The highest BCUT2D eigenvalue weighted by molar-refractivity contribution is 8.76. The molecule has 0 saturated heterocycles. The maximum atomic E-state index is 12.3. The van der Waals surface area contributed by atoms with Crippen molar-refractivity contribution in [3.05, 3.63) is 59.7 Å². The molecule has 0 atom stereocenters. The Balaban J connectivity index is 1.41. The molecule has 2 aromatic rings. The van der Waals surface area contributed by atoms with Crippen LogP contribution in [0.5, 0.6) is 0 Å². The normalized spacial score (nSPS) is 12.2. The summed E-state index contributed by atoms with van der Waals surface area (Å²) in [6.45, 7) is 3.91. The predicted molar refractivity (Wildman–Crippen MR) is 148 cm³/mol. The van der Waals surface area contributed by atoms with E-state index in [-0.39, 0.29) is 11.5 Å². The number of hydrogen-bond donors (Lipinski definition) is 0. The third-order valence-corrected chi connectivity index (χ3v) is 11.8. The van der Waals surface area contributed by atoms with Gasteiger partial charge in [-0.1, -0.05) is 82.7 Å². The van der Waals surface area contributed by atoms with Gasteiger partial charge in [-0.3, -0.25) is 0 Å². The van der Waals surface area contributed by atoms with E-state index in [2.05, 4.69) is 0 Å². The number of unbranched alkanes of at least 4 members (excludes halogenated alkanes) is 6. The maximum absolute atomic E-state index is 12.3. The topological polar surface area (TPSA) is 68.3 Å². The van der Waals surface area contributed by atoms with Crippen LogP contribution in [0.25, 0.3) is 0 Å². The highest BCUT2D eigenvalue weighted by Crippen LogP contribution is 2.25. The fourth-order valence-corrected chi connectivity index (χ4v) is 8.49. The lowest BCUT2D eigenvalue weighted by atomic mass is 10.2. The summed E-state index contributed by atoms with van der Waals surface area (Å²) in [5.41, 5.74) is 2.14. The van der Waals surface area contributed by atoms with Crippen molar-refractivity contribution in [2.75, 3.05) is 23.0 Å². The average molecular weight is 543 g/mol. The van der Waals surface area contributed by atoms with Crippen LogP contribution in [-0.4, -0.2) is 39.8 Å². The molecule has 0 saturated carbocycles. The van der Waals surface area contributed by atoms with Gasteiger partial charge in [-0.25, -0.2) is 16.8 Å². The second kappa shape index (κ2) is 15.2. The van der Waals surface area contributed by atoms with Crippen LogP contribution in [0.1, 0.15) is 62.5 Å². The van der Waals surface area contributed by atoms with Gasteiger partial charge in [-0.05, 0) is 63.8 Å². The molecule has 0 unspecified atom stereocenters. The highest BCUT2D eigenvalue weighted by Gasteiger charge is 2.14. The Morgan fingerprint density at radius 1 is 0.500 bits per heavy atom. The maximum Gasteiger partial charge on any atom is 0.178 e. The minimum atomic E-state index is -3.16. The fourth-order valence-electron chi connectivity index (χ4n) is 3.46. The molecule has 0 heterocycles. The van der Waals surface area contributed by atoms with Gasteiger partial charge in [0, 0.05) is 11.5 Å². The summed E-state index contributed by atoms with van der Waals surface area (Å²) >= 11 is 0. The van der Waals surface area contributed by atoms with Gasteiger partial charge < -0.3 is 0 Å². The monoisotopic (exact) mass is 542 g/mol. The lowest BCUT2D eigenvalue weighted by Crippen LogP contribution is -2.06. The van der Waals surface area contributed by atoms with E-state index in [0.29, 0.717) is 22.6 Å². The van der Waals surface area contributed by atoms with Gasteiger partial charge >= 0.3 is 0 Å². The van der Waals surface area contributed by atoms with Gasteiger partial charge in [-0.2, -0.15) is 0 Å². The van der Waals surface area contributed by atoms with Gasteiger partial charge in [0.25, 0.3) is 0 Å². The number of sulfone groups is 2. The minimum absolute atomic E-state index is 0.226. The zero-order valence-corrected chi connectivity index (χ0v) is 23.6. The summed E-state index contributed by atoms with van der Waals surface area (Å²) in [6, 6.07) is 14.2. The molecule has 4 nitrogen and oxygen atoms in total. The molecule has 0 spiro atoms. The van der Waals surface area contributed by atoms with Crippen LogP contribution >= 0.6 is 21.6 Å². The van der Waals surface area contributed by atoms with Crippen molar-refractivity contribution >= 4 is 41.3 Å². The van der Waals surface area contributed by atoms with Gasteiger partial charge in [0.05, 0.1) is 21.3 Å². The van der Waals surface area contributed by atoms with Crippen molar-refractivity contribution in [1.82, 2.24) is 0 Å². The van der Waals surface area contributed by atoms with Crippen molar-refractivity contribution in [1.29, 1.82) is 0 Å². The number of rotatable bonds is 17. The molecule has 34 heavy (non-hydrogen) atoms. The molecule has 0 radical (unpaired) electrons. The molecule has 0 aliphatic heterocycles. The van der Waals surface area contributed by atoms with E-state index in [1.807, 2.05) is 59.7 Å². The first-order valence-electron chi connectivity index (χ1n) is 12.0. The zero-order chi connectivity index (χ0) is 24.9. The summed E-state index contributed by atoms with van der Waals surface area (Å²) in [4.78, 5) is 0.857. The van der Waals surface area contributed by atoms with Crippen molar-refractivity contribution < 1.29 is 16.8 Å². The van der Waals surface area contributed by atoms with Gasteiger partial charge in [0.1, 0.15) is 0 Å². The minimum Gasteiger partial charge on any atom is -0.224 e. The van der Waals surface area contributed by atoms with Crippen LogP contribution in [0.3, 0.4) is 0 Å². The summed E-state index contributed by atoms with van der Waals surface area (Å²) in [7, 11) is -2.55. The molecule has 0 fully saturated rings. The summed E-state index contributed by atoms with van der Waals surface area (Å²) in [6.07, 6.45) is 7.67. The lowest BCUT2D eigenvalue weighted by Gasteiger charge is -2.06. The van der Waals surface area contributed by atoms with E-state index in [4.69, 9.17) is 0 Å². The third-order valence-electron chi connectivity index (χ3n) is 5.63. The van der Waals surface area contributed by atoms with E-state index in [1.54, 1.807) is 24.3 Å². The first-order valence-corrected chi connectivity index (χ1v) is 17.8. The predicted octanol–water partition coefficient (Wildman–Crippen LogP) is 7.05. The van der Waals surface area contributed by atoms with Gasteiger partial charge in [-0.15, -0.1) is 0 Å². The second-order valence-corrected chi connectivity index (χ2v) is 15.7. The molecule has 0 aliphatic carbocycles. The molecule has 0 bridgehead atoms. The Morgan fingerprint density at radius 3 is 1.18 bits per heavy atom. The Labute approximate surface area is 214 Å².